The first kappa shape index (κ1) is 18.2. The van der Waals surface area contributed by atoms with Crippen LogP contribution in [0.4, 0.5) is 0 Å². The third kappa shape index (κ3) is 4.97. The van der Waals surface area contributed by atoms with Crippen LogP contribution in [0.2, 0.25) is 0 Å². The quantitative estimate of drug-likeness (QED) is 0.632. The Morgan fingerprint density at radius 2 is 1.50 bits per heavy atom. The zero-order valence-corrected chi connectivity index (χ0v) is 15.3. The molecule has 1 amide bonds. The molecule has 0 saturated heterocycles. The second-order valence-corrected chi connectivity index (χ2v) is 6.89. The number of hydrogen-bond donors (Lipinski definition) is 1. The van der Waals surface area contributed by atoms with Crippen LogP contribution in [0.3, 0.4) is 0 Å². The average molecular weight is 366 g/mol. The standard InChI is InChI=1S/C20H22N4OS/c21-20(25)19(18-7-14-26-15-18)24(12-5-16-1-8-22-9-2-16)13-6-17-3-10-23-11-4-17/h1-4,7-11,14-15,19H,5-6,12-13H2,(H2,21,25). The highest BCUT2D eigenvalue weighted by Crippen LogP contribution is 2.23. The lowest BCUT2D eigenvalue weighted by atomic mass is 10.1. The SMILES string of the molecule is NC(=O)C(c1ccsc1)N(CCc1ccncc1)CCc1ccncc1. The van der Waals surface area contributed by atoms with Crippen LogP contribution in [0.25, 0.3) is 0 Å². The van der Waals surface area contributed by atoms with Gasteiger partial charge < -0.3 is 5.73 Å². The van der Waals surface area contributed by atoms with E-state index in [9.17, 15) is 4.79 Å². The lowest BCUT2D eigenvalue weighted by molar-refractivity contribution is -0.123. The Kier molecular flexibility index (Phi) is 6.46. The average Bonchev–Trinajstić information content (AvgIpc) is 3.19. The summed E-state index contributed by atoms with van der Waals surface area (Å²) in [7, 11) is 0. The molecule has 3 rings (SSSR count). The van der Waals surface area contributed by atoms with Crippen molar-refractivity contribution in [2.45, 2.75) is 18.9 Å². The first-order chi connectivity index (χ1) is 12.7. The Bertz CT molecular complexity index is 750. The minimum absolute atomic E-state index is 0.312. The first-order valence-electron chi connectivity index (χ1n) is 8.57. The molecule has 2 N–H and O–H groups in total. The molecule has 0 radical (unpaired) electrons. The molecule has 5 nitrogen and oxygen atoms in total. The second-order valence-electron chi connectivity index (χ2n) is 6.11. The van der Waals surface area contributed by atoms with Gasteiger partial charge >= 0.3 is 0 Å². The Morgan fingerprint density at radius 3 is 1.92 bits per heavy atom. The molecule has 0 fully saturated rings. The highest BCUT2D eigenvalue weighted by atomic mass is 32.1. The van der Waals surface area contributed by atoms with E-state index in [1.54, 1.807) is 36.1 Å². The summed E-state index contributed by atoms with van der Waals surface area (Å²) in [6.07, 6.45) is 8.85. The molecule has 0 aliphatic carbocycles. The summed E-state index contributed by atoms with van der Waals surface area (Å²) in [6.45, 7) is 1.50. The lowest BCUT2D eigenvalue weighted by Crippen LogP contribution is -2.40. The smallest absolute Gasteiger partial charge is 0.239 e. The summed E-state index contributed by atoms with van der Waals surface area (Å²) in [5.41, 5.74) is 9.13. The van der Waals surface area contributed by atoms with Crippen molar-refractivity contribution in [3.05, 3.63) is 82.6 Å². The van der Waals surface area contributed by atoms with Crippen molar-refractivity contribution in [2.75, 3.05) is 13.1 Å². The number of rotatable bonds is 9. The van der Waals surface area contributed by atoms with Crippen LogP contribution in [0.5, 0.6) is 0 Å². The van der Waals surface area contributed by atoms with E-state index in [-0.39, 0.29) is 5.91 Å². The van der Waals surface area contributed by atoms with Crippen molar-refractivity contribution in [3.63, 3.8) is 0 Å². The van der Waals surface area contributed by atoms with E-state index >= 15 is 0 Å². The minimum Gasteiger partial charge on any atom is -0.368 e. The molecular formula is C20H22N4OS. The van der Waals surface area contributed by atoms with Gasteiger partial charge in [-0.05, 0) is 70.6 Å². The zero-order chi connectivity index (χ0) is 18.2. The summed E-state index contributed by atoms with van der Waals surface area (Å²) < 4.78 is 0. The molecule has 0 spiro atoms. The van der Waals surface area contributed by atoms with Gasteiger partial charge in [0.25, 0.3) is 0 Å². The Morgan fingerprint density at radius 1 is 0.962 bits per heavy atom. The fourth-order valence-electron chi connectivity index (χ4n) is 3.00. The van der Waals surface area contributed by atoms with Gasteiger partial charge in [-0.25, -0.2) is 0 Å². The van der Waals surface area contributed by atoms with Crippen LogP contribution < -0.4 is 5.73 Å². The summed E-state index contributed by atoms with van der Waals surface area (Å²) in [6, 6.07) is 9.59. The summed E-state index contributed by atoms with van der Waals surface area (Å²) in [5.74, 6) is -0.312. The number of thiophene rings is 1. The van der Waals surface area contributed by atoms with Crippen molar-refractivity contribution in [1.82, 2.24) is 14.9 Å². The molecule has 0 aliphatic heterocycles. The topological polar surface area (TPSA) is 72.1 Å². The molecule has 134 valence electrons. The highest BCUT2D eigenvalue weighted by molar-refractivity contribution is 7.08. The van der Waals surface area contributed by atoms with Crippen LogP contribution in [-0.2, 0) is 17.6 Å². The van der Waals surface area contributed by atoms with E-state index in [0.717, 1.165) is 31.5 Å². The summed E-state index contributed by atoms with van der Waals surface area (Å²) >= 11 is 1.58. The Labute approximate surface area is 157 Å². The third-order valence-corrected chi connectivity index (χ3v) is 5.07. The molecule has 6 heteroatoms. The van der Waals surface area contributed by atoms with Gasteiger partial charge in [0.2, 0.25) is 5.91 Å². The second kappa shape index (κ2) is 9.22. The zero-order valence-electron chi connectivity index (χ0n) is 14.5. The maximum atomic E-state index is 12.2. The predicted molar refractivity (Wildman–Crippen MR) is 104 cm³/mol. The van der Waals surface area contributed by atoms with Gasteiger partial charge in [0.05, 0.1) is 0 Å². The minimum atomic E-state index is -0.412. The van der Waals surface area contributed by atoms with E-state index in [0.29, 0.717) is 0 Å². The van der Waals surface area contributed by atoms with E-state index < -0.39 is 6.04 Å². The van der Waals surface area contributed by atoms with E-state index in [4.69, 9.17) is 5.73 Å². The molecular weight excluding hydrogens is 344 g/mol. The third-order valence-electron chi connectivity index (χ3n) is 4.37. The number of amides is 1. The maximum absolute atomic E-state index is 12.2. The van der Waals surface area contributed by atoms with Crippen LogP contribution >= 0.6 is 11.3 Å². The predicted octanol–water partition coefficient (Wildman–Crippen LogP) is 2.85. The molecule has 1 unspecified atom stereocenters. The molecule has 3 aromatic heterocycles. The number of primary amides is 1. The monoisotopic (exact) mass is 366 g/mol. The van der Waals surface area contributed by atoms with Crippen LogP contribution in [0.15, 0.2) is 65.9 Å². The number of carbonyl (C=O) groups is 1. The fourth-order valence-corrected chi connectivity index (χ4v) is 3.68. The molecule has 1 atom stereocenters. The first-order valence-corrected chi connectivity index (χ1v) is 9.51. The summed E-state index contributed by atoms with van der Waals surface area (Å²) in [5, 5.41) is 3.98. The van der Waals surface area contributed by atoms with Crippen molar-refractivity contribution >= 4 is 17.2 Å². The molecule has 3 heterocycles. The van der Waals surface area contributed by atoms with Crippen LogP contribution in [-0.4, -0.2) is 33.9 Å². The molecule has 0 bridgehead atoms. The van der Waals surface area contributed by atoms with Crippen molar-refractivity contribution in [2.24, 2.45) is 5.73 Å². The largest absolute Gasteiger partial charge is 0.368 e. The number of hydrogen-bond acceptors (Lipinski definition) is 5. The van der Waals surface area contributed by atoms with Gasteiger partial charge in [0, 0.05) is 37.9 Å². The molecule has 3 aromatic rings. The molecule has 0 aromatic carbocycles. The lowest BCUT2D eigenvalue weighted by Gasteiger charge is -2.29. The van der Waals surface area contributed by atoms with E-state index in [1.807, 2.05) is 41.1 Å². The Hall–Kier alpha value is -2.57. The van der Waals surface area contributed by atoms with E-state index in [1.165, 1.54) is 11.1 Å². The normalized spacial score (nSPS) is 12.2. The van der Waals surface area contributed by atoms with Gasteiger partial charge in [-0.15, -0.1) is 0 Å². The van der Waals surface area contributed by atoms with Crippen molar-refractivity contribution < 1.29 is 4.79 Å². The number of nitrogens with two attached hydrogens (primary N) is 1. The number of nitrogens with zero attached hydrogens (tertiary/aromatic N) is 3. The number of carbonyl (C=O) groups excluding carboxylic acids is 1. The molecule has 26 heavy (non-hydrogen) atoms. The Balaban J connectivity index is 1.76. The molecule has 0 saturated carbocycles. The van der Waals surface area contributed by atoms with Gasteiger partial charge in [-0.3, -0.25) is 19.7 Å². The van der Waals surface area contributed by atoms with Gasteiger partial charge in [-0.1, -0.05) is 0 Å². The maximum Gasteiger partial charge on any atom is 0.239 e. The van der Waals surface area contributed by atoms with Gasteiger partial charge in [0.1, 0.15) is 6.04 Å². The van der Waals surface area contributed by atoms with Crippen LogP contribution in [0.1, 0.15) is 22.7 Å². The number of aromatic nitrogens is 2. The van der Waals surface area contributed by atoms with Crippen LogP contribution in [0, 0.1) is 0 Å². The molecule has 0 aliphatic rings. The highest BCUT2D eigenvalue weighted by Gasteiger charge is 2.25. The van der Waals surface area contributed by atoms with Crippen molar-refractivity contribution in [3.8, 4) is 0 Å². The van der Waals surface area contributed by atoms with Crippen molar-refractivity contribution in [1.29, 1.82) is 0 Å². The fraction of sp³-hybridized carbons (Fsp3) is 0.250. The number of pyridine rings is 2. The summed E-state index contributed by atoms with van der Waals surface area (Å²) in [4.78, 5) is 22.5. The van der Waals surface area contributed by atoms with Gasteiger partial charge in [-0.2, -0.15) is 11.3 Å². The van der Waals surface area contributed by atoms with E-state index in [2.05, 4.69) is 14.9 Å². The van der Waals surface area contributed by atoms with Gasteiger partial charge in [0.15, 0.2) is 0 Å².